The van der Waals surface area contributed by atoms with Crippen LogP contribution >= 0.6 is 0 Å². The molecule has 0 nitrogen and oxygen atoms in total. The maximum atomic E-state index is 2.76. The van der Waals surface area contributed by atoms with Crippen LogP contribution in [0.3, 0.4) is 0 Å². The van der Waals surface area contributed by atoms with Crippen molar-refractivity contribution < 1.29 is 0 Å². The molecule has 0 heterocycles. The van der Waals surface area contributed by atoms with Crippen LogP contribution in [0.15, 0.2) is 45.6 Å². The average molecular weight is 984 g/mol. The summed E-state index contributed by atoms with van der Waals surface area (Å²) in [5.41, 5.74) is 14.4. The van der Waals surface area contributed by atoms with E-state index in [-0.39, 0.29) is 0 Å². The summed E-state index contributed by atoms with van der Waals surface area (Å²) in [5.74, 6) is 16.2. The predicted octanol–water partition coefficient (Wildman–Crippen LogP) is 21.5. The van der Waals surface area contributed by atoms with Gasteiger partial charge in [-0.3, -0.25) is 0 Å². The van der Waals surface area contributed by atoms with Crippen molar-refractivity contribution >= 4 is 0 Å². The van der Waals surface area contributed by atoms with Crippen LogP contribution in [0.2, 0.25) is 0 Å². The van der Waals surface area contributed by atoms with E-state index in [4.69, 9.17) is 0 Å². The number of allylic oxidation sites excluding steroid dienone is 8. The summed E-state index contributed by atoms with van der Waals surface area (Å²) >= 11 is 0. The van der Waals surface area contributed by atoms with E-state index >= 15 is 0 Å². The molecule has 0 aliphatic heterocycles. The zero-order valence-corrected chi connectivity index (χ0v) is 51.1. The summed E-state index contributed by atoms with van der Waals surface area (Å²) < 4.78 is 0. The minimum Gasteiger partial charge on any atom is -0.0816 e. The predicted molar refractivity (Wildman–Crippen MR) is 311 cm³/mol. The lowest BCUT2D eigenvalue weighted by molar-refractivity contribution is -0.0997. The first-order chi connectivity index (χ1) is 33.9. The molecule has 0 amide bonds. The standard InChI is InChI=1S/2C24H40.C24H38/c3*1-15(2)19-10-11-20-22-16(3)13-18-9-7-8-12-23(18,5)21(22)14-17(4)24(19,20)6/h15,17-21H,7-14H2,1-6H3;13,15-17,19-22H,7-12,14H2,1-6H3;13,15,17,19-21H,7-12,14H2,1-6H3. The molecule has 0 aromatic heterocycles. The Morgan fingerprint density at radius 1 is 0.472 bits per heavy atom. The van der Waals surface area contributed by atoms with Gasteiger partial charge in [-0.1, -0.05) is 182 Å². The topological polar surface area (TPSA) is 0 Å². The third-order valence-corrected chi connectivity index (χ3v) is 28.9. The third kappa shape index (κ3) is 7.97. The van der Waals surface area contributed by atoms with E-state index < -0.39 is 0 Å². The summed E-state index contributed by atoms with van der Waals surface area (Å²) in [5, 5.41) is 0. The van der Waals surface area contributed by atoms with Crippen LogP contribution in [0, 0.1) is 139 Å². The molecule has 0 aromatic carbocycles. The van der Waals surface area contributed by atoms with Crippen LogP contribution in [0.1, 0.15) is 266 Å². The van der Waals surface area contributed by atoms with Gasteiger partial charge in [-0.05, 0) is 268 Å². The number of hydrogen-bond acceptors (Lipinski definition) is 0. The second-order valence-corrected chi connectivity index (χ2v) is 32.3. The molecule has 0 spiro atoms. The largest absolute Gasteiger partial charge is 0.0816 e. The highest BCUT2D eigenvalue weighted by molar-refractivity contribution is 5.44. The van der Waals surface area contributed by atoms with Gasteiger partial charge in [0.25, 0.3) is 0 Å². The Kier molecular flexibility index (Phi) is 14.6. The van der Waals surface area contributed by atoms with Crippen LogP contribution in [0.25, 0.3) is 0 Å². The summed E-state index contributed by atoms with van der Waals surface area (Å²) in [6, 6.07) is 0. The van der Waals surface area contributed by atoms with Gasteiger partial charge in [0.1, 0.15) is 0 Å². The van der Waals surface area contributed by atoms with Gasteiger partial charge >= 0.3 is 0 Å². The SMILES string of the molecule is CC(C)C1CCC2C3C(C)C=C4CCCCC4(C)C3CC(C)C12C.CC1=C2C(CC(C)C3(C)C2CCC3C(C)C)C2(C)CCCCC2=C1.CC1=C2C(CC(C)C3(C)C2CCC3C(C)C)C2(C)CCCCC2C1. The van der Waals surface area contributed by atoms with Crippen molar-refractivity contribution in [2.75, 3.05) is 0 Å². The van der Waals surface area contributed by atoms with E-state index in [2.05, 4.69) is 137 Å². The highest BCUT2D eigenvalue weighted by atomic mass is 14.7. The molecule has 0 heteroatoms. The Bertz CT molecular complexity index is 2130. The van der Waals surface area contributed by atoms with Crippen molar-refractivity contribution in [1.29, 1.82) is 0 Å². The Morgan fingerprint density at radius 2 is 0.986 bits per heavy atom. The van der Waals surface area contributed by atoms with Gasteiger partial charge in [-0.15, -0.1) is 0 Å². The molecule has 72 heavy (non-hydrogen) atoms. The van der Waals surface area contributed by atoms with Gasteiger partial charge in [0.05, 0.1) is 0 Å². The first-order valence-electron chi connectivity index (χ1n) is 32.7. The first-order valence-corrected chi connectivity index (χ1v) is 32.7. The molecule has 0 aromatic rings. The summed E-state index contributed by atoms with van der Waals surface area (Å²) in [6.07, 6.45) is 37.5. The monoisotopic (exact) mass is 983 g/mol. The Morgan fingerprint density at radius 3 is 1.60 bits per heavy atom. The fourth-order valence-corrected chi connectivity index (χ4v) is 24.7. The van der Waals surface area contributed by atoms with Crippen LogP contribution in [0.4, 0.5) is 0 Å². The maximum absolute atomic E-state index is 2.76. The maximum Gasteiger partial charge on any atom is -0.00474 e. The van der Waals surface area contributed by atoms with E-state index in [1.54, 1.807) is 11.1 Å². The minimum absolute atomic E-state index is 0.485. The zero-order chi connectivity index (χ0) is 51.8. The van der Waals surface area contributed by atoms with Gasteiger partial charge < -0.3 is 0 Å². The highest BCUT2D eigenvalue weighted by Gasteiger charge is 2.64. The minimum atomic E-state index is 0.485. The Balaban J connectivity index is 0.000000124. The summed E-state index contributed by atoms with van der Waals surface area (Å²) in [4.78, 5) is 0. The fourth-order valence-electron chi connectivity index (χ4n) is 24.7. The van der Waals surface area contributed by atoms with Crippen molar-refractivity contribution in [2.24, 2.45) is 139 Å². The van der Waals surface area contributed by atoms with E-state index in [0.29, 0.717) is 32.5 Å². The quantitative estimate of drug-likeness (QED) is 0.247. The second kappa shape index (κ2) is 19.4. The summed E-state index contributed by atoms with van der Waals surface area (Å²) in [6.45, 7) is 46.3. The van der Waals surface area contributed by atoms with Gasteiger partial charge in [0.2, 0.25) is 0 Å². The van der Waals surface area contributed by atoms with Crippen LogP contribution < -0.4 is 0 Å². The smallest absolute Gasteiger partial charge is 0.00474 e. The molecule has 21 atom stereocenters. The van der Waals surface area contributed by atoms with Crippen molar-refractivity contribution in [3.63, 3.8) is 0 Å². The highest BCUT2D eigenvalue weighted by Crippen LogP contribution is 2.72. The van der Waals surface area contributed by atoms with Crippen LogP contribution in [-0.4, -0.2) is 0 Å². The third-order valence-electron chi connectivity index (χ3n) is 28.9. The van der Waals surface area contributed by atoms with Gasteiger partial charge in [0, 0.05) is 0 Å². The Hall–Kier alpha value is -1.04. The van der Waals surface area contributed by atoms with Crippen molar-refractivity contribution in [2.45, 2.75) is 266 Å². The molecule has 0 saturated heterocycles. The average Bonchev–Trinajstić information content (AvgIpc) is 4.00. The van der Waals surface area contributed by atoms with Crippen molar-refractivity contribution in [3.8, 4) is 0 Å². The molecule has 9 fully saturated rings. The lowest BCUT2D eigenvalue weighted by atomic mass is 9.43. The van der Waals surface area contributed by atoms with Crippen LogP contribution in [0.5, 0.6) is 0 Å². The molecule has 406 valence electrons. The van der Waals surface area contributed by atoms with E-state index in [1.165, 1.54) is 141 Å². The zero-order valence-electron chi connectivity index (χ0n) is 51.1. The first kappa shape index (κ1) is 54.3. The lowest BCUT2D eigenvalue weighted by Crippen LogP contribution is -2.55. The molecule has 12 aliphatic rings. The van der Waals surface area contributed by atoms with Crippen molar-refractivity contribution in [1.82, 2.24) is 0 Å². The van der Waals surface area contributed by atoms with Crippen LogP contribution in [-0.2, 0) is 0 Å². The molecule has 0 N–H and O–H groups in total. The van der Waals surface area contributed by atoms with E-state index in [1.807, 2.05) is 22.3 Å². The molecule has 21 unspecified atom stereocenters. The van der Waals surface area contributed by atoms with E-state index in [0.717, 1.165) is 107 Å². The number of rotatable bonds is 3. The molecular formula is C72H118. The molecule has 12 rings (SSSR count). The Labute approximate surface area is 448 Å². The molecule has 9 saturated carbocycles. The number of hydrogen-bond donors (Lipinski definition) is 0. The normalized spacial score (nSPS) is 51.2. The van der Waals surface area contributed by atoms with Gasteiger partial charge in [0.15, 0.2) is 0 Å². The van der Waals surface area contributed by atoms with E-state index in [9.17, 15) is 0 Å². The number of fused-ring (bicyclic) bond motifs is 15. The van der Waals surface area contributed by atoms with Gasteiger partial charge in [-0.25, -0.2) is 0 Å². The molecule has 12 aliphatic carbocycles. The molecule has 0 bridgehead atoms. The summed E-state index contributed by atoms with van der Waals surface area (Å²) in [7, 11) is 0. The second-order valence-electron chi connectivity index (χ2n) is 32.3. The lowest BCUT2D eigenvalue weighted by Gasteiger charge is -2.62. The fraction of sp³-hybridized carbons (Fsp3) is 0.889. The van der Waals surface area contributed by atoms with Crippen molar-refractivity contribution in [3.05, 3.63) is 45.6 Å². The van der Waals surface area contributed by atoms with Gasteiger partial charge in [-0.2, -0.15) is 0 Å². The molecule has 0 radical (unpaired) electrons. The molecular weight excluding hydrogens is 865 g/mol.